The molecule has 0 spiro atoms. The summed E-state index contributed by atoms with van der Waals surface area (Å²) in [4.78, 5) is 2.47. The van der Waals surface area contributed by atoms with E-state index in [1.54, 1.807) is 5.56 Å². The van der Waals surface area contributed by atoms with Crippen LogP contribution in [0, 0.1) is 0 Å². The quantitative estimate of drug-likeness (QED) is 0.710. The topological polar surface area (TPSA) is 3.24 Å². The molecular weight excluding hydrogens is 206 g/mol. The van der Waals surface area contributed by atoms with Crippen LogP contribution in [0.15, 0.2) is 24.3 Å². The van der Waals surface area contributed by atoms with Crippen molar-refractivity contribution in [2.75, 3.05) is 20.1 Å². The first kappa shape index (κ1) is 12.6. The van der Waals surface area contributed by atoms with Gasteiger partial charge in [0.2, 0.25) is 0 Å². The molecule has 1 unspecified atom stereocenters. The third-order valence-corrected chi connectivity index (χ3v) is 3.83. The lowest BCUT2D eigenvalue weighted by Gasteiger charge is -2.33. The average molecular weight is 231 g/mol. The second-order valence-corrected chi connectivity index (χ2v) is 6.44. The van der Waals surface area contributed by atoms with Gasteiger partial charge in [0, 0.05) is 6.54 Å². The molecule has 0 bridgehead atoms. The molecule has 1 heteroatoms. The number of piperidine rings is 1. The zero-order valence-electron chi connectivity index (χ0n) is 11.7. The Hall–Kier alpha value is -0.820. The molecule has 1 aromatic carbocycles. The van der Waals surface area contributed by atoms with Gasteiger partial charge in [-0.1, -0.05) is 45.0 Å². The lowest BCUT2D eigenvalue weighted by atomic mass is 9.78. The molecular formula is C16H25N. The minimum absolute atomic E-state index is 0.257. The fourth-order valence-corrected chi connectivity index (χ4v) is 2.96. The van der Waals surface area contributed by atoms with E-state index < -0.39 is 0 Å². The summed E-state index contributed by atoms with van der Waals surface area (Å²) in [5.74, 6) is 0.726. The Balaban J connectivity index is 2.31. The van der Waals surface area contributed by atoms with Gasteiger partial charge in [0.25, 0.3) is 0 Å². The van der Waals surface area contributed by atoms with Crippen LogP contribution in [0.2, 0.25) is 0 Å². The van der Waals surface area contributed by atoms with Crippen molar-refractivity contribution >= 4 is 0 Å². The van der Waals surface area contributed by atoms with Crippen LogP contribution in [0.25, 0.3) is 0 Å². The normalized spacial score (nSPS) is 22.7. The molecule has 1 aliphatic rings. The summed E-state index contributed by atoms with van der Waals surface area (Å²) in [7, 11) is 2.24. The van der Waals surface area contributed by atoms with Gasteiger partial charge in [0.15, 0.2) is 0 Å². The molecule has 1 heterocycles. The number of nitrogens with zero attached hydrogens (tertiary/aromatic N) is 1. The Kier molecular flexibility index (Phi) is 3.58. The van der Waals surface area contributed by atoms with Crippen molar-refractivity contribution in [1.82, 2.24) is 4.90 Å². The summed E-state index contributed by atoms with van der Waals surface area (Å²) in [5, 5.41) is 0. The summed E-state index contributed by atoms with van der Waals surface area (Å²) in [5.41, 5.74) is 3.36. The molecule has 0 radical (unpaired) electrons. The molecule has 0 N–H and O–H groups in total. The van der Waals surface area contributed by atoms with Gasteiger partial charge in [-0.3, -0.25) is 0 Å². The van der Waals surface area contributed by atoms with Crippen molar-refractivity contribution < 1.29 is 0 Å². The largest absolute Gasteiger partial charge is 0.306 e. The predicted molar refractivity (Wildman–Crippen MR) is 74.6 cm³/mol. The molecule has 94 valence electrons. The zero-order chi connectivity index (χ0) is 12.5. The fourth-order valence-electron chi connectivity index (χ4n) is 2.96. The predicted octanol–water partition coefficient (Wildman–Crippen LogP) is 3.79. The lowest BCUT2D eigenvalue weighted by Crippen LogP contribution is -2.32. The van der Waals surface area contributed by atoms with E-state index in [2.05, 4.69) is 57.0 Å². The molecule has 1 aromatic rings. The van der Waals surface area contributed by atoms with Gasteiger partial charge >= 0.3 is 0 Å². The molecule has 1 aliphatic heterocycles. The third kappa shape index (κ3) is 2.90. The summed E-state index contributed by atoms with van der Waals surface area (Å²) in [6, 6.07) is 9.02. The summed E-state index contributed by atoms with van der Waals surface area (Å²) in [6.07, 6.45) is 2.68. The molecule has 1 saturated heterocycles. The first-order chi connectivity index (χ1) is 7.98. The highest BCUT2D eigenvalue weighted by atomic mass is 15.1. The van der Waals surface area contributed by atoms with Gasteiger partial charge in [0.1, 0.15) is 0 Å². The maximum Gasteiger partial charge on any atom is 0.00473 e. The van der Waals surface area contributed by atoms with Gasteiger partial charge in [-0.25, -0.2) is 0 Å². The van der Waals surface area contributed by atoms with Crippen molar-refractivity contribution in [2.24, 2.45) is 0 Å². The SMILES string of the molecule is CN1CCCC(c2ccccc2C(C)(C)C)C1. The monoisotopic (exact) mass is 231 g/mol. The second kappa shape index (κ2) is 4.81. The van der Waals surface area contributed by atoms with E-state index >= 15 is 0 Å². The van der Waals surface area contributed by atoms with Crippen LogP contribution >= 0.6 is 0 Å². The third-order valence-electron chi connectivity index (χ3n) is 3.83. The molecule has 1 fully saturated rings. The molecule has 1 nitrogen and oxygen atoms in total. The smallest absolute Gasteiger partial charge is 0.00473 e. The Morgan fingerprint density at radius 1 is 1.18 bits per heavy atom. The van der Waals surface area contributed by atoms with Crippen LogP contribution in [-0.2, 0) is 5.41 Å². The highest BCUT2D eigenvalue weighted by Crippen LogP contribution is 2.34. The minimum atomic E-state index is 0.257. The maximum absolute atomic E-state index is 2.47. The van der Waals surface area contributed by atoms with Crippen molar-refractivity contribution in [2.45, 2.75) is 44.9 Å². The Morgan fingerprint density at radius 2 is 1.88 bits per heavy atom. The zero-order valence-corrected chi connectivity index (χ0v) is 11.7. The highest BCUT2D eigenvalue weighted by Gasteiger charge is 2.25. The van der Waals surface area contributed by atoms with Crippen molar-refractivity contribution in [3.05, 3.63) is 35.4 Å². The van der Waals surface area contributed by atoms with E-state index in [4.69, 9.17) is 0 Å². The van der Waals surface area contributed by atoms with E-state index in [1.807, 2.05) is 0 Å². The van der Waals surface area contributed by atoms with Gasteiger partial charge in [0.05, 0.1) is 0 Å². The van der Waals surface area contributed by atoms with Crippen LogP contribution < -0.4 is 0 Å². The first-order valence-electron chi connectivity index (χ1n) is 6.76. The molecule has 0 aromatic heterocycles. The first-order valence-corrected chi connectivity index (χ1v) is 6.76. The van der Waals surface area contributed by atoms with Gasteiger partial charge in [-0.05, 0) is 48.9 Å². The lowest BCUT2D eigenvalue weighted by molar-refractivity contribution is 0.249. The second-order valence-electron chi connectivity index (χ2n) is 6.44. The van der Waals surface area contributed by atoms with E-state index in [9.17, 15) is 0 Å². The fraction of sp³-hybridized carbons (Fsp3) is 0.625. The van der Waals surface area contributed by atoms with Crippen LogP contribution in [0.1, 0.15) is 50.7 Å². The van der Waals surface area contributed by atoms with Gasteiger partial charge in [-0.2, -0.15) is 0 Å². The van der Waals surface area contributed by atoms with Crippen LogP contribution in [0.5, 0.6) is 0 Å². The van der Waals surface area contributed by atoms with E-state index in [1.165, 1.54) is 31.5 Å². The van der Waals surface area contributed by atoms with Gasteiger partial charge < -0.3 is 4.90 Å². The molecule has 2 rings (SSSR count). The van der Waals surface area contributed by atoms with Crippen molar-refractivity contribution in [3.8, 4) is 0 Å². The highest BCUT2D eigenvalue weighted by molar-refractivity contribution is 5.36. The number of benzene rings is 1. The van der Waals surface area contributed by atoms with Crippen molar-refractivity contribution in [1.29, 1.82) is 0 Å². The standard InChI is InChI=1S/C16H25N/c1-16(2,3)15-10-6-5-9-14(15)13-8-7-11-17(4)12-13/h5-6,9-10,13H,7-8,11-12H2,1-4H3. The summed E-state index contributed by atoms with van der Waals surface area (Å²) < 4.78 is 0. The summed E-state index contributed by atoms with van der Waals surface area (Å²) in [6.45, 7) is 9.43. The number of hydrogen-bond acceptors (Lipinski definition) is 1. The van der Waals surface area contributed by atoms with E-state index in [0.29, 0.717) is 0 Å². The van der Waals surface area contributed by atoms with Crippen LogP contribution in [-0.4, -0.2) is 25.0 Å². The average Bonchev–Trinajstić information content (AvgIpc) is 2.28. The molecule has 0 saturated carbocycles. The Bertz CT molecular complexity index is 375. The van der Waals surface area contributed by atoms with Crippen molar-refractivity contribution in [3.63, 3.8) is 0 Å². The van der Waals surface area contributed by atoms with E-state index in [-0.39, 0.29) is 5.41 Å². The number of hydrogen-bond donors (Lipinski definition) is 0. The summed E-state index contributed by atoms with van der Waals surface area (Å²) >= 11 is 0. The van der Waals surface area contributed by atoms with Gasteiger partial charge in [-0.15, -0.1) is 0 Å². The Morgan fingerprint density at radius 3 is 2.53 bits per heavy atom. The number of likely N-dealkylation sites (tertiary alicyclic amines) is 1. The number of rotatable bonds is 1. The molecule has 0 amide bonds. The molecule has 17 heavy (non-hydrogen) atoms. The Labute approximate surface area is 106 Å². The van der Waals surface area contributed by atoms with E-state index in [0.717, 1.165) is 5.92 Å². The minimum Gasteiger partial charge on any atom is -0.306 e. The number of likely N-dealkylation sites (N-methyl/N-ethyl adjacent to an activating group) is 1. The van der Waals surface area contributed by atoms with Crippen LogP contribution in [0.4, 0.5) is 0 Å². The van der Waals surface area contributed by atoms with Crippen LogP contribution in [0.3, 0.4) is 0 Å². The maximum atomic E-state index is 2.47. The molecule has 0 aliphatic carbocycles. The molecule has 1 atom stereocenters.